The van der Waals surface area contributed by atoms with Crippen molar-refractivity contribution >= 4 is 22.0 Å². The number of allylic oxidation sites excluding steroid dienone is 1. The number of methoxy groups -OCH3 is 1. The quantitative estimate of drug-likeness (QED) is 0.618. The van der Waals surface area contributed by atoms with Gasteiger partial charge in [-0.05, 0) is 42.8 Å². The number of sulfonamides is 1. The highest BCUT2D eigenvalue weighted by Gasteiger charge is 2.10. The van der Waals surface area contributed by atoms with Crippen LogP contribution in [0.3, 0.4) is 0 Å². The Bertz CT molecular complexity index is 954. The van der Waals surface area contributed by atoms with Gasteiger partial charge in [0.05, 0.1) is 12.9 Å². The molecule has 29 heavy (non-hydrogen) atoms. The number of benzene rings is 2. The van der Waals surface area contributed by atoms with E-state index in [1.165, 1.54) is 7.05 Å². The van der Waals surface area contributed by atoms with Crippen LogP contribution in [0.15, 0.2) is 48.5 Å². The smallest absolute Gasteiger partial charge is 0.258 e. The Labute approximate surface area is 171 Å². The van der Waals surface area contributed by atoms with Crippen molar-refractivity contribution in [3.05, 3.63) is 65.2 Å². The van der Waals surface area contributed by atoms with Crippen LogP contribution in [-0.4, -0.2) is 35.1 Å². The molecule has 0 saturated heterocycles. The minimum atomic E-state index is -3.31. The highest BCUT2D eigenvalue weighted by Crippen LogP contribution is 2.28. The lowest BCUT2D eigenvalue weighted by Crippen LogP contribution is -2.28. The van der Waals surface area contributed by atoms with E-state index >= 15 is 0 Å². The third-order valence-corrected chi connectivity index (χ3v) is 5.42. The number of amides is 1. The summed E-state index contributed by atoms with van der Waals surface area (Å²) in [6.45, 7) is 2.11. The third kappa shape index (κ3) is 7.24. The van der Waals surface area contributed by atoms with Crippen LogP contribution in [-0.2, 0) is 27.1 Å². The molecular weight excluding hydrogens is 392 g/mol. The fourth-order valence-electron chi connectivity index (χ4n) is 2.54. The average molecular weight is 419 g/mol. The molecule has 0 bridgehead atoms. The summed E-state index contributed by atoms with van der Waals surface area (Å²) in [5, 5.41) is 2.77. The van der Waals surface area contributed by atoms with E-state index in [1.807, 2.05) is 31.2 Å². The largest absolute Gasteiger partial charge is 0.493 e. The number of hydrogen-bond acceptors (Lipinski definition) is 5. The van der Waals surface area contributed by atoms with Gasteiger partial charge in [-0.2, -0.15) is 0 Å². The minimum Gasteiger partial charge on any atom is -0.493 e. The van der Waals surface area contributed by atoms with Crippen LogP contribution in [0.2, 0.25) is 0 Å². The molecule has 0 aliphatic rings. The van der Waals surface area contributed by atoms with Crippen LogP contribution in [0.5, 0.6) is 11.5 Å². The highest BCUT2D eigenvalue weighted by atomic mass is 32.2. The molecule has 8 heteroatoms. The zero-order valence-corrected chi connectivity index (χ0v) is 17.6. The van der Waals surface area contributed by atoms with E-state index in [0.29, 0.717) is 23.6 Å². The van der Waals surface area contributed by atoms with E-state index < -0.39 is 10.0 Å². The van der Waals surface area contributed by atoms with Crippen molar-refractivity contribution in [3.63, 3.8) is 0 Å². The molecule has 0 unspecified atom stereocenters. The first-order valence-corrected chi connectivity index (χ1v) is 10.7. The lowest BCUT2D eigenvalue weighted by molar-refractivity contribution is -0.123. The maximum atomic E-state index is 12.1. The Kier molecular flexibility index (Phi) is 8.23. The van der Waals surface area contributed by atoms with Gasteiger partial charge < -0.3 is 14.8 Å². The molecule has 0 fully saturated rings. The van der Waals surface area contributed by atoms with Gasteiger partial charge in [-0.15, -0.1) is 0 Å². The predicted molar refractivity (Wildman–Crippen MR) is 113 cm³/mol. The monoisotopic (exact) mass is 418 g/mol. The molecule has 0 radical (unpaired) electrons. The van der Waals surface area contributed by atoms with Gasteiger partial charge in [0.15, 0.2) is 18.1 Å². The standard InChI is InChI=1S/C21H26N2O5S/c1-4-5-16-10-11-19(20(12-16)27-3)28-14-21(24)23-13-17-6-8-18(9-7-17)15-29(25,26)22-2/h4-12,22H,13-15H2,1-3H3,(H,23,24)/b5-4+. The molecule has 0 aromatic heterocycles. The van der Waals surface area contributed by atoms with Crippen LogP contribution >= 0.6 is 0 Å². The topological polar surface area (TPSA) is 93.7 Å². The summed E-state index contributed by atoms with van der Waals surface area (Å²) in [5.74, 6) is 0.691. The third-order valence-electron chi connectivity index (χ3n) is 4.09. The summed E-state index contributed by atoms with van der Waals surface area (Å²) in [5.41, 5.74) is 2.51. The highest BCUT2D eigenvalue weighted by molar-refractivity contribution is 7.88. The lowest BCUT2D eigenvalue weighted by atomic mass is 10.1. The molecule has 1 amide bonds. The van der Waals surface area contributed by atoms with Crippen molar-refractivity contribution in [1.82, 2.24) is 10.0 Å². The molecule has 2 aromatic rings. The molecule has 156 valence electrons. The second kappa shape index (κ2) is 10.6. The summed E-state index contributed by atoms with van der Waals surface area (Å²) in [4.78, 5) is 12.1. The van der Waals surface area contributed by atoms with Crippen molar-refractivity contribution in [2.75, 3.05) is 20.8 Å². The first-order valence-electron chi connectivity index (χ1n) is 9.06. The summed E-state index contributed by atoms with van der Waals surface area (Å²) in [6, 6.07) is 12.5. The molecule has 0 aliphatic carbocycles. The number of nitrogens with one attached hydrogen (secondary N) is 2. The fourth-order valence-corrected chi connectivity index (χ4v) is 3.32. The van der Waals surface area contributed by atoms with Gasteiger partial charge in [0, 0.05) is 6.54 Å². The van der Waals surface area contributed by atoms with Crippen LogP contribution in [0.4, 0.5) is 0 Å². The maximum absolute atomic E-state index is 12.1. The van der Waals surface area contributed by atoms with Gasteiger partial charge >= 0.3 is 0 Å². The summed E-state index contributed by atoms with van der Waals surface area (Å²) < 4.78 is 36.3. The fraction of sp³-hybridized carbons (Fsp3) is 0.286. The van der Waals surface area contributed by atoms with E-state index in [1.54, 1.807) is 37.4 Å². The van der Waals surface area contributed by atoms with Gasteiger partial charge in [0.25, 0.3) is 5.91 Å². The molecule has 7 nitrogen and oxygen atoms in total. The SMILES string of the molecule is C/C=C/c1ccc(OCC(=O)NCc2ccc(CS(=O)(=O)NC)cc2)c(OC)c1. The molecule has 0 saturated carbocycles. The van der Waals surface area contributed by atoms with Crippen molar-refractivity contribution in [2.45, 2.75) is 19.2 Å². The van der Waals surface area contributed by atoms with Gasteiger partial charge in [0.1, 0.15) is 0 Å². The molecule has 0 spiro atoms. The zero-order valence-electron chi connectivity index (χ0n) is 16.8. The zero-order chi connectivity index (χ0) is 21.3. The molecular formula is C21H26N2O5S. The number of carbonyl (C=O) groups is 1. The normalized spacial score (nSPS) is 11.4. The summed E-state index contributed by atoms with van der Waals surface area (Å²) in [7, 11) is -0.376. The van der Waals surface area contributed by atoms with E-state index in [-0.39, 0.29) is 18.3 Å². The second-order valence-corrected chi connectivity index (χ2v) is 8.18. The van der Waals surface area contributed by atoms with Gasteiger partial charge in [-0.1, -0.05) is 42.5 Å². The molecule has 0 heterocycles. The predicted octanol–water partition coefficient (Wildman–Crippen LogP) is 2.47. The summed E-state index contributed by atoms with van der Waals surface area (Å²) in [6.07, 6.45) is 3.87. The Morgan fingerprint density at radius 1 is 1.07 bits per heavy atom. The maximum Gasteiger partial charge on any atom is 0.258 e. The van der Waals surface area contributed by atoms with Gasteiger partial charge in [0.2, 0.25) is 10.0 Å². The number of rotatable bonds is 10. The molecule has 2 aromatic carbocycles. The Balaban J connectivity index is 1.86. The molecule has 2 rings (SSSR count). The van der Waals surface area contributed by atoms with E-state index in [9.17, 15) is 13.2 Å². The number of hydrogen-bond donors (Lipinski definition) is 2. The Morgan fingerprint density at radius 3 is 2.38 bits per heavy atom. The molecule has 0 aliphatic heterocycles. The van der Waals surface area contributed by atoms with Crippen molar-refractivity contribution in [1.29, 1.82) is 0 Å². The molecule has 2 N–H and O–H groups in total. The first-order chi connectivity index (χ1) is 13.9. The first kappa shape index (κ1) is 22.4. The van der Waals surface area contributed by atoms with E-state index in [0.717, 1.165) is 11.1 Å². The van der Waals surface area contributed by atoms with Crippen molar-refractivity contribution < 1.29 is 22.7 Å². The second-order valence-electron chi connectivity index (χ2n) is 6.26. The Morgan fingerprint density at radius 2 is 1.76 bits per heavy atom. The van der Waals surface area contributed by atoms with Crippen LogP contribution in [0.1, 0.15) is 23.6 Å². The Hall–Kier alpha value is -2.84. The lowest BCUT2D eigenvalue weighted by Gasteiger charge is -2.12. The van der Waals surface area contributed by atoms with Crippen LogP contribution in [0.25, 0.3) is 6.08 Å². The molecule has 0 atom stereocenters. The summed E-state index contributed by atoms with van der Waals surface area (Å²) >= 11 is 0. The van der Waals surface area contributed by atoms with E-state index in [4.69, 9.17) is 9.47 Å². The van der Waals surface area contributed by atoms with E-state index in [2.05, 4.69) is 10.0 Å². The average Bonchev–Trinajstić information content (AvgIpc) is 2.72. The van der Waals surface area contributed by atoms with Gasteiger partial charge in [-0.25, -0.2) is 13.1 Å². The van der Waals surface area contributed by atoms with Crippen LogP contribution < -0.4 is 19.5 Å². The van der Waals surface area contributed by atoms with Crippen molar-refractivity contribution in [2.24, 2.45) is 0 Å². The number of carbonyl (C=O) groups excluding carboxylic acids is 1. The minimum absolute atomic E-state index is 0.0847. The van der Waals surface area contributed by atoms with Crippen molar-refractivity contribution in [3.8, 4) is 11.5 Å². The van der Waals surface area contributed by atoms with Gasteiger partial charge in [-0.3, -0.25) is 4.79 Å². The van der Waals surface area contributed by atoms with Crippen LogP contribution in [0, 0.1) is 0 Å². The number of ether oxygens (including phenoxy) is 2.